The Morgan fingerprint density at radius 3 is 3.00 bits per heavy atom. The largest absolute Gasteiger partial charge is 0.454 e. The highest BCUT2D eigenvalue weighted by atomic mass is 16.7. The summed E-state index contributed by atoms with van der Waals surface area (Å²) >= 11 is 0. The average molecular weight is 379 g/mol. The summed E-state index contributed by atoms with van der Waals surface area (Å²) in [6, 6.07) is 6.04. The lowest BCUT2D eigenvalue weighted by atomic mass is 10.0. The molecule has 28 heavy (non-hydrogen) atoms. The van der Waals surface area contributed by atoms with E-state index < -0.39 is 0 Å². The van der Waals surface area contributed by atoms with Crippen molar-refractivity contribution in [3.63, 3.8) is 0 Å². The zero-order valence-corrected chi connectivity index (χ0v) is 16.4. The van der Waals surface area contributed by atoms with E-state index in [0.29, 0.717) is 0 Å². The second-order valence-corrected chi connectivity index (χ2v) is 7.54. The van der Waals surface area contributed by atoms with Crippen molar-refractivity contribution in [1.29, 1.82) is 0 Å². The second-order valence-electron chi connectivity index (χ2n) is 7.54. The molecule has 0 radical (unpaired) electrons. The highest BCUT2D eigenvalue weighted by molar-refractivity contribution is 5.68. The van der Waals surface area contributed by atoms with E-state index in [9.17, 15) is 0 Å². The molecule has 1 N–H and O–H groups in total. The Labute approximate surface area is 164 Å². The molecule has 0 atom stereocenters. The molecule has 4 heterocycles. The van der Waals surface area contributed by atoms with Gasteiger partial charge in [-0.05, 0) is 31.5 Å². The molecule has 7 nitrogen and oxygen atoms in total. The number of aryl methyl sites for hydroxylation is 1. The van der Waals surface area contributed by atoms with Crippen LogP contribution in [0.3, 0.4) is 0 Å². The van der Waals surface area contributed by atoms with Crippen molar-refractivity contribution in [2.75, 3.05) is 13.3 Å². The van der Waals surface area contributed by atoms with Crippen LogP contribution in [0.4, 0.5) is 0 Å². The summed E-state index contributed by atoms with van der Waals surface area (Å²) in [6.45, 7) is 8.44. The SMILES string of the molecule is CCCn1ncc(CN2CCc3[nH]nc(-c4ccc5c(c4)OCO5)c3C2)c1C. The van der Waals surface area contributed by atoms with Gasteiger partial charge in [0.1, 0.15) is 0 Å². The van der Waals surface area contributed by atoms with Crippen LogP contribution in [-0.2, 0) is 26.1 Å². The normalized spacial score (nSPS) is 15.8. The molecule has 2 aliphatic rings. The van der Waals surface area contributed by atoms with Crippen LogP contribution in [0.15, 0.2) is 24.4 Å². The summed E-state index contributed by atoms with van der Waals surface area (Å²) in [7, 11) is 0. The molecule has 0 aliphatic carbocycles. The molecule has 3 aromatic rings. The lowest BCUT2D eigenvalue weighted by Crippen LogP contribution is -2.30. The third-order valence-corrected chi connectivity index (χ3v) is 5.69. The fourth-order valence-corrected chi connectivity index (χ4v) is 4.09. The van der Waals surface area contributed by atoms with Crippen LogP contribution in [0.2, 0.25) is 0 Å². The van der Waals surface area contributed by atoms with Gasteiger partial charge in [0.25, 0.3) is 0 Å². The van der Waals surface area contributed by atoms with Gasteiger partial charge in [0.2, 0.25) is 6.79 Å². The van der Waals surface area contributed by atoms with Gasteiger partial charge >= 0.3 is 0 Å². The van der Waals surface area contributed by atoms with Crippen molar-refractivity contribution in [1.82, 2.24) is 24.9 Å². The number of aromatic nitrogens is 4. The Kier molecular flexibility index (Phi) is 4.31. The van der Waals surface area contributed by atoms with Crippen LogP contribution >= 0.6 is 0 Å². The minimum atomic E-state index is 0.288. The molecule has 2 aromatic heterocycles. The van der Waals surface area contributed by atoms with E-state index in [1.165, 1.54) is 22.5 Å². The summed E-state index contributed by atoms with van der Waals surface area (Å²) in [5, 5.41) is 12.4. The van der Waals surface area contributed by atoms with Gasteiger partial charge in [-0.1, -0.05) is 6.92 Å². The number of hydrogen-bond donors (Lipinski definition) is 1. The molecule has 0 bridgehead atoms. The zero-order chi connectivity index (χ0) is 19.1. The summed E-state index contributed by atoms with van der Waals surface area (Å²) in [5.74, 6) is 1.59. The van der Waals surface area contributed by atoms with Gasteiger partial charge in [-0.15, -0.1) is 0 Å². The fraction of sp³-hybridized carbons (Fsp3) is 0.429. The van der Waals surface area contributed by atoms with Crippen LogP contribution in [0.5, 0.6) is 11.5 Å². The van der Waals surface area contributed by atoms with E-state index in [1.807, 2.05) is 18.3 Å². The van der Waals surface area contributed by atoms with Crippen LogP contribution in [0.1, 0.15) is 35.9 Å². The Hall–Kier alpha value is -2.80. The predicted octanol–water partition coefficient (Wildman–Crippen LogP) is 3.28. The molecule has 2 aliphatic heterocycles. The Bertz CT molecular complexity index is 1010. The number of nitrogens with one attached hydrogen (secondary N) is 1. The molecule has 5 rings (SSSR count). The predicted molar refractivity (Wildman–Crippen MR) is 105 cm³/mol. The first-order chi connectivity index (χ1) is 13.7. The molecule has 1 aromatic carbocycles. The Morgan fingerprint density at radius 2 is 2.11 bits per heavy atom. The number of hydrogen-bond acceptors (Lipinski definition) is 5. The van der Waals surface area contributed by atoms with Crippen LogP contribution < -0.4 is 9.47 Å². The van der Waals surface area contributed by atoms with Crippen molar-refractivity contribution in [2.45, 2.75) is 46.3 Å². The third kappa shape index (κ3) is 2.96. The summed E-state index contributed by atoms with van der Waals surface area (Å²) in [5.41, 5.74) is 7.18. The molecule has 0 amide bonds. The molecule has 146 valence electrons. The first-order valence-corrected chi connectivity index (χ1v) is 9.92. The minimum Gasteiger partial charge on any atom is -0.454 e. The second kappa shape index (κ2) is 6.98. The Balaban J connectivity index is 1.38. The van der Waals surface area contributed by atoms with E-state index in [0.717, 1.165) is 61.8 Å². The van der Waals surface area contributed by atoms with Crippen molar-refractivity contribution >= 4 is 0 Å². The number of nitrogens with zero attached hydrogens (tertiary/aromatic N) is 4. The van der Waals surface area contributed by atoms with E-state index in [4.69, 9.17) is 9.47 Å². The summed E-state index contributed by atoms with van der Waals surface area (Å²) < 4.78 is 13.1. The maximum Gasteiger partial charge on any atom is 0.231 e. The minimum absolute atomic E-state index is 0.288. The van der Waals surface area contributed by atoms with Gasteiger partial charge in [0.15, 0.2) is 11.5 Å². The molecule has 0 saturated heterocycles. The van der Waals surface area contributed by atoms with Crippen LogP contribution in [-0.4, -0.2) is 38.2 Å². The molecular weight excluding hydrogens is 354 g/mol. The van der Waals surface area contributed by atoms with E-state index >= 15 is 0 Å². The molecule has 0 saturated carbocycles. The van der Waals surface area contributed by atoms with E-state index in [1.54, 1.807) is 0 Å². The summed E-state index contributed by atoms with van der Waals surface area (Å²) in [6.07, 6.45) is 4.10. The fourth-order valence-electron chi connectivity index (χ4n) is 4.09. The quantitative estimate of drug-likeness (QED) is 0.737. The first kappa shape index (κ1) is 17.3. The van der Waals surface area contributed by atoms with Gasteiger partial charge < -0.3 is 9.47 Å². The molecule has 0 unspecified atom stereocenters. The van der Waals surface area contributed by atoms with Crippen molar-refractivity contribution in [3.8, 4) is 22.8 Å². The van der Waals surface area contributed by atoms with Gasteiger partial charge in [0.05, 0.1) is 11.9 Å². The van der Waals surface area contributed by atoms with Gasteiger partial charge in [0, 0.05) is 60.7 Å². The topological polar surface area (TPSA) is 68.2 Å². The number of fused-ring (bicyclic) bond motifs is 2. The van der Waals surface area contributed by atoms with Crippen molar-refractivity contribution in [2.24, 2.45) is 0 Å². The molecule has 7 heteroatoms. The smallest absolute Gasteiger partial charge is 0.231 e. The average Bonchev–Trinajstić information content (AvgIpc) is 3.42. The van der Waals surface area contributed by atoms with Crippen LogP contribution in [0.25, 0.3) is 11.3 Å². The number of ether oxygens (including phenoxy) is 2. The van der Waals surface area contributed by atoms with Crippen LogP contribution in [0, 0.1) is 6.92 Å². The van der Waals surface area contributed by atoms with Crippen molar-refractivity contribution in [3.05, 3.63) is 46.9 Å². The zero-order valence-electron chi connectivity index (χ0n) is 16.4. The van der Waals surface area contributed by atoms with Crippen molar-refractivity contribution < 1.29 is 9.47 Å². The van der Waals surface area contributed by atoms with E-state index in [2.05, 4.69) is 44.8 Å². The number of H-pyrrole nitrogens is 1. The highest BCUT2D eigenvalue weighted by Gasteiger charge is 2.25. The first-order valence-electron chi connectivity index (χ1n) is 9.92. The number of rotatable bonds is 5. The Morgan fingerprint density at radius 1 is 1.21 bits per heavy atom. The number of benzene rings is 1. The van der Waals surface area contributed by atoms with Gasteiger partial charge in [-0.3, -0.25) is 14.7 Å². The lowest BCUT2D eigenvalue weighted by molar-refractivity contribution is 0.174. The van der Waals surface area contributed by atoms with Gasteiger partial charge in [-0.2, -0.15) is 10.2 Å². The lowest BCUT2D eigenvalue weighted by Gasteiger charge is -2.27. The highest BCUT2D eigenvalue weighted by Crippen LogP contribution is 2.37. The maximum absolute atomic E-state index is 5.54. The maximum atomic E-state index is 5.54. The molecular formula is C21H25N5O2. The monoisotopic (exact) mass is 379 g/mol. The van der Waals surface area contributed by atoms with Gasteiger partial charge in [-0.25, -0.2) is 0 Å². The molecule has 0 fully saturated rings. The molecule has 0 spiro atoms. The summed E-state index contributed by atoms with van der Waals surface area (Å²) in [4.78, 5) is 2.48. The van der Waals surface area contributed by atoms with E-state index in [-0.39, 0.29) is 6.79 Å². The number of aromatic amines is 1. The third-order valence-electron chi connectivity index (χ3n) is 5.69. The standard InChI is InChI=1S/C21H25N5O2/c1-3-7-26-14(2)16(10-22-26)11-25-8-6-18-17(12-25)21(24-23-18)15-4-5-19-20(9-15)28-13-27-19/h4-5,9-10H,3,6-8,11-13H2,1-2H3,(H,23,24).